The highest BCUT2D eigenvalue weighted by Gasteiger charge is 2.18. The summed E-state index contributed by atoms with van der Waals surface area (Å²) in [7, 11) is 1.67. The molecule has 0 aliphatic heterocycles. The second-order valence-electron chi connectivity index (χ2n) is 5.36. The van der Waals surface area contributed by atoms with E-state index in [1.54, 1.807) is 7.11 Å². The van der Waals surface area contributed by atoms with E-state index in [4.69, 9.17) is 15.6 Å². The van der Waals surface area contributed by atoms with Gasteiger partial charge in [-0.3, -0.25) is 4.79 Å². The highest BCUT2D eigenvalue weighted by Crippen LogP contribution is 2.20. The van der Waals surface area contributed by atoms with Gasteiger partial charge in [0.05, 0.1) is 13.0 Å². The number of carboxylic acid groups (broad SMARTS) is 1. The van der Waals surface area contributed by atoms with E-state index in [1.165, 1.54) is 5.56 Å². The summed E-state index contributed by atoms with van der Waals surface area (Å²) in [5.41, 5.74) is 6.73. The van der Waals surface area contributed by atoms with Gasteiger partial charge in [0.1, 0.15) is 5.75 Å². The molecule has 20 heavy (non-hydrogen) atoms. The van der Waals surface area contributed by atoms with E-state index in [9.17, 15) is 4.79 Å². The molecule has 0 bridgehead atoms. The molecule has 0 heterocycles. The van der Waals surface area contributed by atoms with Gasteiger partial charge in [-0.25, -0.2) is 0 Å². The molecule has 0 radical (unpaired) electrons. The van der Waals surface area contributed by atoms with Crippen LogP contribution in [0.15, 0.2) is 24.3 Å². The summed E-state index contributed by atoms with van der Waals surface area (Å²) in [6.45, 7) is 2.31. The molecule has 4 nitrogen and oxygen atoms in total. The van der Waals surface area contributed by atoms with Gasteiger partial charge < -0.3 is 15.6 Å². The maximum Gasteiger partial charge on any atom is 0.307 e. The number of rotatable bonds is 9. The van der Waals surface area contributed by atoms with E-state index in [2.05, 4.69) is 13.0 Å². The predicted octanol–water partition coefficient (Wildman–Crippen LogP) is 2.70. The summed E-state index contributed by atoms with van der Waals surface area (Å²) in [6, 6.07) is 8.06. The number of carbonyl (C=O) groups is 1. The van der Waals surface area contributed by atoms with Crippen molar-refractivity contribution in [3.05, 3.63) is 29.8 Å². The summed E-state index contributed by atoms with van der Waals surface area (Å²) in [4.78, 5) is 10.9. The van der Waals surface area contributed by atoms with Crippen LogP contribution >= 0.6 is 0 Å². The first-order valence-corrected chi connectivity index (χ1v) is 7.12. The van der Waals surface area contributed by atoms with E-state index in [0.29, 0.717) is 12.3 Å². The number of carboxylic acids is 1. The van der Waals surface area contributed by atoms with Crippen LogP contribution < -0.4 is 10.5 Å². The average molecular weight is 279 g/mol. The van der Waals surface area contributed by atoms with Crippen molar-refractivity contribution in [3.63, 3.8) is 0 Å². The van der Waals surface area contributed by atoms with Gasteiger partial charge in [0.2, 0.25) is 0 Å². The molecule has 2 atom stereocenters. The summed E-state index contributed by atoms with van der Waals surface area (Å²) in [6.07, 6.45) is 3.71. The minimum absolute atomic E-state index is 0.218. The molecular weight excluding hydrogens is 254 g/mol. The standard InChI is InChI=1S/C16H25NO3/c1-12(9-14(11-17)16(18)19)5-3-6-13-7-4-8-15(10-13)20-2/h4,7-8,10,12,14H,3,5-6,9,11,17H2,1-2H3,(H,18,19). The van der Waals surface area contributed by atoms with Crippen LogP contribution in [-0.2, 0) is 11.2 Å². The normalized spacial score (nSPS) is 13.8. The van der Waals surface area contributed by atoms with Crippen LogP contribution in [-0.4, -0.2) is 24.7 Å². The Morgan fingerprint density at radius 3 is 2.80 bits per heavy atom. The minimum atomic E-state index is -0.785. The van der Waals surface area contributed by atoms with Crippen molar-refractivity contribution in [1.29, 1.82) is 0 Å². The second kappa shape index (κ2) is 8.59. The van der Waals surface area contributed by atoms with Gasteiger partial charge in [0, 0.05) is 6.54 Å². The molecule has 3 N–H and O–H groups in total. The maximum absolute atomic E-state index is 10.9. The Bertz CT molecular complexity index is 420. The number of ether oxygens (including phenoxy) is 1. The predicted molar refractivity (Wildman–Crippen MR) is 79.9 cm³/mol. The van der Waals surface area contributed by atoms with Crippen LogP contribution in [0.25, 0.3) is 0 Å². The summed E-state index contributed by atoms with van der Waals surface area (Å²) in [5.74, 6) is 0.0591. The number of nitrogens with two attached hydrogens (primary N) is 1. The molecule has 4 heteroatoms. The van der Waals surface area contributed by atoms with Crippen molar-refractivity contribution >= 4 is 5.97 Å². The van der Waals surface area contributed by atoms with Crippen molar-refractivity contribution in [3.8, 4) is 5.75 Å². The lowest BCUT2D eigenvalue weighted by Gasteiger charge is -2.16. The van der Waals surface area contributed by atoms with Crippen LogP contribution in [0.3, 0.4) is 0 Å². The zero-order chi connectivity index (χ0) is 15.0. The third kappa shape index (κ3) is 5.61. The van der Waals surface area contributed by atoms with Gasteiger partial charge in [0.15, 0.2) is 0 Å². The lowest BCUT2D eigenvalue weighted by atomic mass is 9.91. The SMILES string of the molecule is COc1cccc(CCCC(C)CC(CN)C(=O)O)c1. The van der Waals surface area contributed by atoms with Gasteiger partial charge in [0.25, 0.3) is 0 Å². The number of hydrogen-bond acceptors (Lipinski definition) is 3. The van der Waals surface area contributed by atoms with Gasteiger partial charge in [-0.2, -0.15) is 0 Å². The number of hydrogen-bond donors (Lipinski definition) is 2. The number of aryl methyl sites for hydroxylation is 1. The Hall–Kier alpha value is -1.55. The lowest BCUT2D eigenvalue weighted by Crippen LogP contribution is -2.25. The fraction of sp³-hybridized carbons (Fsp3) is 0.562. The van der Waals surface area contributed by atoms with E-state index in [-0.39, 0.29) is 6.54 Å². The van der Waals surface area contributed by atoms with E-state index < -0.39 is 11.9 Å². The van der Waals surface area contributed by atoms with Gasteiger partial charge in [-0.05, 0) is 42.9 Å². The molecule has 0 aliphatic rings. The first-order chi connectivity index (χ1) is 9.56. The molecule has 2 unspecified atom stereocenters. The molecule has 0 fully saturated rings. The van der Waals surface area contributed by atoms with Crippen molar-refractivity contribution in [2.24, 2.45) is 17.6 Å². The Labute approximate surface area is 120 Å². The number of methoxy groups -OCH3 is 1. The van der Waals surface area contributed by atoms with Crippen LogP contribution in [0.5, 0.6) is 5.75 Å². The van der Waals surface area contributed by atoms with E-state index >= 15 is 0 Å². The fourth-order valence-corrected chi connectivity index (χ4v) is 2.38. The van der Waals surface area contributed by atoms with Gasteiger partial charge in [-0.15, -0.1) is 0 Å². The molecule has 1 aromatic rings. The Morgan fingerprint density at radius 1 is 1.45 bits per heavy atom. The van der Waals surface area contributed by atoms with E-state index in [1.807, 2.05) is 18.2 Å². The molecule has 1 aromatic carbocycles. The minimum Gasteiger partial charge on any atom is -0.497 e. The average Bonchev–Trinajstić information content (AvgIpc) is 2.44. The highest BCUT2D eigenvalue weighted by molar-refractivity contribution is 5.70. The van der Waals surface area contributed by atoms with Crippen LogP contribution in [0.2, 0.25) is 0 Å². The topological polar surface area (TPSA) is 72.5 Å². The Balaban J connectivity index is 2.34. The molecule has 0 amide bonds. The summed E-state index contributed by atoms with van der Waals surface area (Å²) >= 11 is 0. The number of benzene rings is 1. The molecule has 0 aliphatic carbocycles. The fourth-order valence-electron chi connectivity index (χ4n) is 2.38. The van der Waals surface area contributed by atoms with Gasteiger partial charge in [-0.1, -0.05) is 25.5 Å². The Kier molecular flexibility index (Phi) is 7.09. The van der Waals surface area contributed by atoms with E-state index in [0.717, 1.165) is 25.0 Å². The molecule has 0 saturated carbocycles. The summed E-state index contributed by atoms with van der Waals surface area (Å²) < 4.78 is 5.20. The van der Waals surface area contributed by atoms with Crippen molar-refractivity contribution < 1.29 is 14.6 Å². The van der Waals surface area contributed by atoms with Gasteiger partial charge >= 0.3 is 5.97 Å². The van der Waals surface area contributed by atoms with Crippen molar-refractivity contribution in [2.75, 3.05) is 13.7 Å². The monoisotopic (exact) mass is 279 g/mol. The largest absolute Gasteiger partial charge is 0.497 e. The maximum atomic E-state index is 10.9. The van der Waals surface area contributed by atoms with Crippen LogP contribution in [0.1, 0.15) is 31.7 Å². The highest BCUT2D eigenvalue weighted by atomic mass is 16.5. The molecule has 112 valence electrons. The van der Waals surface area contributed by atoms with Crippen LogP contribution in [0, 0.1) is 11.8 Å². The smallest absolute Gasteiger partial charge is 0.307 e. The first kappa shape index (κ1) is 16.5. The summed E-state index contributed by atoms with van der Waals surface area (Å²) in [5, 5.41) is 8.99. The molecule has 0 aromatic heterocycles. The third-order valence-corrected chi connectivity index (χ3v) is 3.62. The quantitative estimate of drug-likeness (QED) is 0.729. The zero-order valence-corrected chi connectivity index (χ0v) is 12.3. The lowest BCUT2D eigenvalue weighted by molar-refractivity contribution is -0.141. The van der Waals surface area contributed by atoms with Crippen molar-refractivity contribution in [2.45, 2.75) is 32.6 Å². The first-order valence-electron chi connectivity index (χ1n) is 7.12. The van der Waals surface area contributed by atoms with Crippen LogP contribution in [0.4, 0.5) is 0 Å². The molecule has 0 saturated heterocycles. The number of aliphatic carboxylic acids is 1. The zero-order valence-electron chi connectivity index (χ0n) is 12.3. The van der Waals surface area contributed by atoms with Crippen molar-refractivity contribution in [1.82, 2.24) is 0 Å². The Morgan fingerprint density at radius 2 is 2.20 bits per heavy atom. The third-order valence-electron chi connectivity index (χ3n) is 3.62. The molecule has 1 rings (SSSR count). The second-order valence-corrected chi connectivity index (χ2v) is 5.36. The molecular formula is C16H25NO3. The molecule has 0 spiro atoms.